The second-order valence-electron chi connectivity index (χ2n) is 5.17. The predicted octanol–water partition coefficient (Wildman–Crippen LogP) is 3.12. The zero-order chi connectivity index (χ0) is 10.1. The summed E-state index contributed by atoms with van der Waals surface area (Å²) < 4.78 is 0. The van der Waals surface area contributed by atoms with Crippen molar-refractivity contribution < 1.29 is 0 Å². The second-order valence-corrected chi connectivity index (χ2v) is 5.17. The van der Waals surface area contributed by atoms with Crippen molar-refractivity contribution in [2.24, 2.45) is 5.92 Å². The first-order valence-corrected chi connectivity index (χ1v) is 5.36. The van der Waals surface area contributed by atoms with E-state index >= 15 is 0 Å². The lowest BCUT2D eigenvalue weighted by Gasteiger charge is -2.47. The van der Waals surface area contributed by atoms with Gasteiger partial charge < -0.3 is 5.32 Å². The molecule has 0 amide bonds. The summed E-state index contributed by atoms with van der Waals surface area (Å²) in [6.07, 6.45) is 5.76. The standard InChI is InChI=1S/C12H23N/c1-6-11(4)8-10(3)9-12(5,7-2)13-11/h6,10,13H,1,7-9H2,2-5H3. The minimum atomic E-state index is 0.141. The van der Waals surface area contributed by atoms with Gasteiger partial charge in [-0.3, -0.25) is 0 Å². The fourth-order valence-electron chi connectivity index (χ4n) is 2.72. The van der Waals surface area contributed by atoms with Gasteiger partial charge in [0.2, 0.25) is 0 Å². The van der Waals surface area contributed by atoms with E-state index in [0.717, 1.165) is 5.92 Å². The summed E-state index contributed by atoms with van der Waals surface area (Å²) in [5.41, 5.74) is 0.447. The SMILES string of the molecule is C=CC1(C)CC(C)CC(C)(CC)N1. The third kappa shape index (κ3) is 2.34. The van der Waals surface area contributed by atoms with E-state index in [1.54, 1.807) is 0 Å². The van der Waals surface area contributed by atoms with Gasteiger partial charge in [0.05, 0.1) is 0 Å². The van der Waals surface area contributed by atoms with Crippen molar-refractivity contribution in [1.82, 2.24) is 5.32 Å². The third-order valence-corrected chi connectivity index (χ3v) is 3.39. The van der Waals surface area contributed by atoms with Crippen molar-refractivity contribution in [2.45, 2.75) is 58.0 Å². The quantitative estimate of drug-likeness (QED) is 0.645. The Morgan fingerprint density at radius 2 is 2.08 bits per heavy atom. The van der Waals surface area contributed by atoms with Crippen molar-refractivity contribution in [1.29, 1.82) is 0 Å². The normalized spacial score (nSPS) is 46.0. The third-order valence-electron chi connectivity index (χ3n) is 3.39. The predicted molar refractivity (Wildman–Crippen MR) is 58.8 cm³/mol. The van der Waals surface area contributed by atoms with Gasteiger partial charge in [0, 0.05) is 11.1 Å². The molecule has 0 spiro atoms. The van der Waals surface area contributed by atoms with E-state index in [0.29, 0.717) is 5.54 Å². The lowest BCUT2D eigenvalue weighted by Crippen LogP contribution is -2.59. The molecule has 3 unspecified atom stereocenters. The Labute approximate surface area is 82.6 Å². The van der Waals surface area contributed by atoms with Crippen LogP contribution >= 0.6 is 0 Å². The molecule has 1 heterocycles. The van der Waals surface area contributed by atoms with E-state index in [1.165, 1.54) is 19.3 Å². The van der Waals surface area contributed by atoms with E-state index in [-0.39, 0.29) is 5.54 Å². The highest BCUT2D eigenvalue weighted by atomic mass is 15.1. The first kappa shape index (κ1) is 10.8. The fraction of sp³-hybridized carbons (Fsp3) is 0.833. The van der Waals surface area contributed by atoms with Gasteiger partial charge in [-0.15, -0.1) is 6.58 Å². The van der Waals surface area contributed by atoms with Crippen LogP contribution in [0.4, 0.5) is 0 Å². The maximum atomic E-state index is 3.93. The van der Waals surface area contributed by atoms with Gasteiger partial charge in [0.15, 0.2) is 0 Å². The molecule has 76 valence electrons. The first-order valence-electron chi connectivity index (χ1n) is 5.36. The first-order chi connectivity index (χ1) is 5.93. The molecule has 0 bridgehead atoms. The smallest absolute Gasteiger partial charge is 0.0340 e. The Morgan fingerprint density at radius 3 is 2.54 bits per heavy atom. The molecule has 0 aromatic carbocycles. The van der Waals surface area contributed by atoms with Gasteiger partial charge in [0.1, 0.15) is 0 Å². The Hall–Kier alpha value is -0.300. The lowest BCUT2D eigenvalue weighted by atomic mass is 9.74. The van der Waals surface area contributed by atoms with Crippen molar-refractivity contribution in [3.63, 3.8) is 0 Å². The van der Waals surface area contributed by atoms with Gasteiger partial charge >= 0.3 is 0 Å². The van der Waals surface area contributed by atoms with E-state index < -0.39 is 0 Å². The van der Waals surface area contributed by atoms with Crippen molar-refractivity contribution in [3.8, 4) is 0 Å². The number of hydrogen-bond acceptors (Lipinski definition) is 1. The van der Waals surface area contributed by atoms with Crippen LogP contribution in [0.1, 0.15) is 47.0 Å². The minimum absolute atomic E-state index is 0.141. The summed E-state index contributed by atoms with van der Waals surface area (Å²) in [6.45, 7) is 13.1. The lowest BCUT2D eigenvalue weighted by molar-refractivity contribution is 0.138. The molecule has 1 aliphatic heterocycles. The molecular formula is C12H23N. The maximum Gasteiger partial charge on any atom is 0.0340 e. The molecule has 13 heavy (non-hydrogen) atoms. The summed E-state index contributed by atoms with van der Waals surface area (Å²) in [6, 6.07) is 0. The van der Waals surface area contributed by atoms with Crippen LogP contribution in [0.3, 0.4) is 0 Å². The summed E-state index contributed by atoms with van der Waals surface area (Å²) in [7, 11) is 0. The highest BCUT2D eigenvalue weighted by molar-refractivity contribution is 5.08. The van der Waals surface area contributed by atoms with Crippen molar-refractivity contribution >= 4 is 0 Å². The molecule has 1 N–H and O–H groups in total. The minimum Gasteiger partial charge on any atom is -0.303 e. The maximum absolute atomic E-state index is 3.93. The Balaban J connectivity index is 2.79. The van der Waals surface area contributed by atoms with E-state index in [2.05, 4.69) is 45.7 Å². The van der Waals surface area contributed by atoms with Crippen LogP contribution in [0.5, 0.6) is 0 Å². The topological polar surface area (TPSA) is 12.0 Å². The zero-order valence-corrected chi connectivity index (χ0v) is 9.48. The molecule has 0 aliphatic carbocycles. The highest BCUT2D eigenvalue weighted by Gasteiger charge is 2.38. The number of rotatable bonds is 2. The molecule has 0 saturated carbocycles. The Morgan fingerprint density at radius 1 is 1.46 bits per heavy atom. The number of nitrogens with one attached hydrogen (secondary N) is 1. The van der Waals surface area contributed by atoms with Crippen LogP contribution in [0.2, 0.25) is 0 Å². The van der Waals surface area contributed by atoms with E-state index in [4.69, 9.17) is 0 Å². The van der Waals surface area contributed by atoms with E-state index in [1.807, 2.05) is 0 Å². The van der Waals surface area contributed by atoms with Crippen LogP contribution in [0.25, 0.3) is 0 Å². The van der Waals surface area contributed by atoms with E-state index in [9.17, 15) is 0 Å². The van der Waals surface area contributed by atoms with Gasteiger partial charge in [-0.05, 0) is 39.0 Å². The largest absolute Gasteiger partial charge is 0.303 e. The number of piperidine rings is 1. The molecule has 1 rings (SSSR count). The molecule has 1 fully saturated rings. The Kier molecular flexibility index (Phi) is 2.86. The van der Waals surface area contributed by atoms with Crippen LogP contribution in [0, 0.1) is 5.92 Å². The summed E-state index contributed by atoms with van der Waals surface area (Å²) in [5.74, 6) is 0.800. The van der Waals surface area contributed by atoms with Gasteiger partial charge in [-0.2, -0.15) is 0 Å². The van der Waals surface area contributed by atoms with Crippen LogP contribution in [-0.4, -0.2) is 11.1 Å². The molecular weight excluding hydrogens is 158 g/mol. The Bertz CT molecular complexity index is 199. The molecule has 1 aliphatic rings. The number of hydrogen-bond donors (Lipinski definition) is 1. The second kappa shape index (κ2) is 3.45. The van der Waals surface area contributed by atoms with Crippen LogP contribution in [-0.2, 0) is 0 Å². The van der Waals surface area contributed by atoms with Crippen molar-refractivity contribution in [3.05, 3.63) is 12.7 Å². The van der Waals surface area contributed by atoms with Crippen LogP contribution in [0.15, 0.2) is 12.7 Å². The molecule has 1 heteroatoms. The average molecular weight is 181 g/mol. The van der Waals surface area contributed by atoms with Gasteiger partial charge in [-0.25, -0.2) is 0 Å². The summed E-state index contributed by atoms with van der Waals surface area (Å²) in [4.78, 5) is 0. The highest BCUT2D eigenvalue weighted by Crippen LogP contribution is 2.34. The molecule has 0 radical (unpaired) electrons. The van der Waals surface area contributed by atoms with Gasteiger partial charge in [-0.1, -0.05) is 19.9 Å². The monoisotopic (exact) mass is 181 g/mol. The zero-order valence-electron chi connectivity index (χ0n) is 9.48. The van der Waals surface area contributed by atoms with Crippen molar-refractivity contribution in [2.75, 3.05) is 0 Å². The van der Waals surface area contributed by atoms with Gasteiger partial charge in [0.25, 0.3) is 0 Å². The summed E-state index contributed by atoms with van der Waals surface area (Å²) in [5, 5.41) is 3.72. The van der Waals surface area contributed by atoms with Crippen LogP contribution < -0.4 is 5.32 Å². The molecule has 0 aromatic heterocycles. The molecule has 3 atom stereocenters. The molecule has 1 saturated heterocycles. The fourth-order valence-corrected chi connectivity index (χ4v) is 2.72. The molecule has 0 aromatic rings. The summed E-state index contributed by atoms with van der Waals surface area (Å²) >= 11 is 0. The average Bonchev–Trinajstić information content (AvgIpc) is 2.02. The molecule has 1 nitrogen and oxygen atoms in total.